The third kappa shape index (κ3) is 2.96. The Morgan fingerprint density at radius 3 is 2.79 bits per heavy atom. The lowest BCUT2D eigenvalue weighted by atomic mass is 9.85. The summed E-state index contributed by atoms with van der Waals surface area (Å²) in [5.74, 6) is -5.16. The highest BCUT2D eigenvalue weighted by Crippen LogP contribution is 2.74. The molecular weight excluding hydrogens is 455 g/mol. The highest BCUT2D eigenvalue weighted by Gasteiger charge is 2.87. The number of nitriles is 1. The van der Waals surface area contributed by atoms with E-state index in [1.807, 2.05) is 6.07 Å². The van der Waals surface area contributed by atoms with Crippen molar-refractivity contribution in [2.45, 2.75) is 23.1 Å². The van der Waals surface area contributed by atoms with Crippen molar-refractivity contribution in [3.63, 3.8) is 0 Å². The minimum absolute atomic E-state index is 0.0890. The van der Waals surface area contributed by atoms with Crippen LogP contribution in [0.15, 0.2) is 41.8 Å². The number of anilines is 2. The highest BCUT2D eigenvalue weighted by atomic mass is 32.2. The Morgan fingerprint density at radius 1 is 1.27 bits per heavy atom. The van der Waals surface area contributed by atoms with E-state index < -0.39 is 34.6 Å². The highest BCUT2D eigenvalue weighted by molar-refractivity contribution is 8.15. The average molecular weight is 471 g/mol. The van der Waals surface area contributed by atoms with Gasteiger partial charge in [0.05, 0.1) is 29.1 Å². The topological polar surface area (TPSA) is 133 Å². The van der Waals surface area contributed by atoms with Crippen molar-refractivity contribution in [3.05, 3.63) is 53.7 Å². The third-order valence-electron chi connectivity index (χ3n) is 6.11. The van der Waals surface area contributed by atoms with Gasteiger partial charge >= 0.3 is 0 Å². The van der Waals surface area contributed by atoms with Crippen LogP contribution in [0, 0.1) is 23.1 Å². The number of halogens is 3. The molecule has 0 amide bonds. The van der Waals surface area contributed by atoms with E-state index in [0.29, 0.717) is 34.0 Å². The van der Waals surface area contributed by atoms with E-state index in [0.717, 1.165) is 6.07 Å². The normalized spacial score (nSPS) is 27.4. The van der Waals surface area contributed by atoms with Crippen LogP contribution in [0.1, 0.15) is 18.1 Å². The van der Waals surface area contributed by atoms with Crippen molar-refractivity contribution in [1.29, 1.82) is 5.26 Å². The summed E-state index contributed by atoms with van der Waals surface area (Å²) >= 11 is 0.625. The Balaban J connectivity index is 1.57. The summed E-state index contributed by atoms with van der Waals surface area (Å²) in [7, 11) is 0. The molecule has 1 aliphatic carbocycles. The molecule has 0 radical (unpaired) electrons. The second-order valence-electron chi connectivity index (χ2n) is 8.05. The largest absolute Gasteiger partial charge is 0.395 e. The molecule has 168 valence electrons. The van der Waals surface area contributed by atoms with Crippen molar-refractivity contribution in [2.75, 3.05) is 11.9 Å². The lowest BCUT2D eigenvalue weighted by molar-refractivity contribution is 0.0685. The second kappa shape index (κ2) is 7.03. The summed E-state index contributed by atoms with van der Waals surface area (Å²) in [6, 6.07) is 7.47. The van der Waals surface area contributed by atoms with Crippen LogP contribution >= 0.6 is 11.8 Å². The molecule has 2 aromatic heterocycles. The molecule has 2 aliphatic rings. The molecule has 1 fully saturated rings. The predicted molar refractivity (Wildman–Crippen MR) is 117 cm³/mol. The zero-order valence-electron chi connectivity index (χ0n) is 17.1. The predicted octanol–water partition coefficient (Wildman–Crippen LogP) is 3.05. The van der Waals surface area contributed by atoms with E-state index in [1.165, 1.54) is 31.6 Å². The summed E-state index contributed by atoms with van der Waals surface area (Å²) in [4.78, 5) is 16.7. The number of hydrogen-bond donors (Lipinski definition) is 3. The van der Waals surface area contributed by atoms with E-state index in [9.17, 15) is 18.3 Å². The maximum atomic E-state index is 15.0. The van der Waals surface area contributed by atoms with Gasteiger partial charge in [-0.05, 0) is 31.2 Å². The molecule has 0 saturated heterocycles. The molecule has 4 N–H and O–H groups in total. The number of nitrogens with one attached hydrogen (secondary N) is 1. The number of pyridine rings is 1. The van der Waals surface area contributed by atoms with Crippen LogP contribution in [0.25, 0.3) is 11.0 Å². The van der Waals surface area contributed by atoms with E-state index in [1.54, 1.807) is 6.07 Å². The van der Waals surface area contributed by atoms with Crippen molar-refractivity contribution in [1.82, 2.24) is 15.0 Å². The Labute approximate surface area is 189 Å². The standard InChI is InChI=1S/C21H16F3N7OS/c1-19(17-20(8-32,21(17,23)24)33-18(26)31-19)12-5-11(2-3-13(12)22)30-16-15-14(28-9-29-16)4-10(6-25)7-27-15/h2-5,7,9,17,32H,8H2,1H3,(H2,26,31)(H,28,29,30)/t17?,19-,20-/m1/s1. The first-order chi connectivity index (χ1) is 15.7. The molecule has 3 atom stereocenters. The summed E-state index contributed by atoms with van der Waals surface area (Å²) in [5, 5.41) is 21.6. The Kier molecular flexibility index (Phi) is 4.56. The molecular formula is C21H16F3N7OS. The van der Waals surface area contributed by atoms with Crippen molar-refractivity contribution < 1.29 is 18.3 Å². The van der Waals surface area contributed by atoms with Crippen molar-refractivity contribution >= 4 is 39.5 Å². The quantitative estimate of drug-likeness (QED) is 0.529. The molecule has 0 bridgehead atoms. The molecule has 3 heterocycles. The number of nitrogens with zero attached hydrogens (tertiary/aromatic N) is 5. The Morgan fingerprint density at radius 2 is 2.06 bits per heavy atom. The van der Waals surface area contributed by atoms with Gasteiger partial charge < -0.3 is 16.2 Å². The molecule has 3 aromatic rings. The van der Waals surface area contributed by atoms with Crippen molar-refractivity contribution in [3.8, 4) is 6.07 Å². The van der Waals surface area contributed by atoms with Gasteiger partial charge in [-0.1, -0.05) is 11.8 Å². The van der Waals surface area contributed by atoms with Gasteiger partial charge in [-0.15, -0.1) is 0 Å². The molecule has 12 heteroatoms. The summed E-state index contributed by atoms with van der Waals surface area (Å²) < 4.78 is 42.8. The summed E-state index contributed by atoms with van der Waals surface area (Å²) in [6.45, 7) is 0.576. The molecule has 33 heavy (non-hydrogen) atoms. The van der Waals surface area contributed by atoms with E-state index in [2.05, 4.69) is 25.3 Å². The number of alkyl halides is 2. The number of aliphatic imine (C=N–C) groups is 1. The molecule has 0 spiro atoms. The van der Waals surface area contributed by atoms with E-state index in [4.69, 9.17) is 11.0 Å². The fourth-order valence-corrected chi connectivity index (χ4v) is 5.90. The van der Waals surface area contributed by atoms with Crippen molar-refractivity contribution in [2.24, 2.45) is 16.6 Å². The van der Waals surface area contributed by atoms with Gasteiger partial charge in [0.1, 0.15) is 28.5 Å². The monoisotopic (exact) mass is 471 g/mol. The fraction of sp³-hybridized carbons (Fsp3) is 0.286. The number of amidine groups is 1. The Hall–Kier alpha value is -3.43. The summed E-state index contributed by atoms with van der Waals surface area (Å²) in [6.07, 6.45) is 2.65. The molecule has 1 unspecified atom stereocenters. The molecule has 8 nitrogen and oxygen atoms in total. The number of aliphatic hydroxyl groups excluding tert-OH is 1. The third-order valence-corrected chi connectivity index (χ3v) is 7.42. The van der Waals surface area contributed by atoms with Crippen LogP contribution in [-0.4, -0.2) is 42.5 Å². The second-order valence-corrected chi connectivity index (χ2v) is 9.40. The number of benzene rings is 1. The molecule has 1 saturated carbocycles. The number of rotatable bonds is 4. The lowest BCUT2D eigenvalue weighted by Crippen LogP contribution is -2.37. The minimum Gasteiger partial charge on any atom is -0.395 e. The van der Waals surface area contributed by atoms with Gasteiger partial charge in [-0.3, -0.25) is 4.99 Å². The number of aromatic nitrogens is 3. The number of thioether (sulfide) groups is 1. The smallest absolute Gasteiger partial charge is 0.272 e. The van der Waals surface area contributed by atoms with Gasteiger partial charge in [0.25, 0.3) is 5.92 Å². The van der Waals surface area contributed by atoms with Gasteiger partial charge in [-0.2, -0.15) is 5.26 Å². The van der Waals surface area contributed by atoms with Gasteiger partial charge in [-0.25, -0.2) is 28.1 Å². The van der Waals surface area contributed by atoms with Crippen LogP contribution in [0.4, 0.5) is 24.7 Å². The first-order valence-electron chi connectivity index (χ1n) is 9.77. The maximum absolute atomic E-state index is 15.0. The van der Waals surface area contributed by atoms with Gasteiger partial charge in [0, 0.05) is 17.4 Å². The zero-order chi connectivity index (χ0) is 23.6. The van der Waals surface area contributed by atoms with Crippen LogP contribution < -0.4 is 11.1 Å². The number of aliphatic hydroxyl groups is 1. The van der Waals surface area contributed by atoms with E-state index >= 15 is 0 Å². The number of nitrogens with two attached hydrogens (primary N) is 1. The fourth-order valence-electron chi connectivity index (χ4n) is 4.54. The first kappa shape index (κ1) is 21.4. The minimum atomic E-state index is -3.28. The average Bonchev–Trinajstić information content (AvgIpc) is 3.30. The van der Waals surface area contributed by atoms with Crippen LogP contribution in [-0.2, 0) is 5.54 Å². The maximum Gasteiger partial charge on any atom is 0.272 e. The number of fused-ring (bicyclic) bond motifs is 2. The first-order valence-corrected chi connectivity index (χ1v) is 10.6. The molecule has 1 aliphatic heterocycles. The van der Waals surface area contributed by atoms with Crippen LogP contribution in [0.3, 0.4) is 0 Å². The Bertz CT molecular complexity index is 1380. The van der Waals surface area contributed by atoms with Crippen LogP contribution in [0.5, 0.6) is 0 Å². The summed E-state index contributed by atoms with van der Waals surface area (Å²) in [5.41, 5.74) is 5.51. The van der Waals surface area contributed by atoms with E-state index in [-0.39, 0.29) is 16.5 Å². The lowest BCUT2D eigenvalue weighted by Gasteiger charge is -2.32. The zero-order valence-corrected chi connectivity index (χ0v) is 17.9. The van der Waals surface area contributed by atoms with Crippen LogP contribution in [0.2, 0.25) is 0 Å². The molecule has 5 rings (SSSR count). The van der Waals surface area contributed by atoms with Gasteiger partial charge in [0.2, 0.25) is 0 Å². The SMILES string of the molecule is C[C@]1(c2cc(Nc3ncnc4cc(C#N)cnc34)ccc2F)N=C(N)S[C@]2(CO)C1C2(F)F. The number of hydrogen-bond acceptors (Lipinski definition) is 9. The van der Waals surface area contributed by atoms with Gasteiger partial charge in [0.15, 0.2) is 11.0 Å². The molecule has 1 aromatic carbocycles.